The van der Waals surface area contributed by atoms with Crippen molar-refractivity contribution in [3.63, 3.8) is 0 Å². The molecule has 0 unspecified atom stereocenters. The first-order valence-corrected chi connectivity index (χ1v) is 8.87. The molecule has 0 radical (unpaired) electrons. The van der Waals surface area contributed by atoms with E-state index < -0.39 is 5.82 Å². The molecule has 2 aromatic rings. The molecule has 0 saturated carbocycles. The van der Waals surface area contributed by atoms with Crippen LogP contribution < -0.4 is 20.5 Å². The van der Waals surface area contributed by atoms with Crippen LogP contribution in [0.1, 0.15) is 37.1 Å². The van der Waals surface area contributed by atoms with Gasteiger partial charge < -0.3 is 14.8 Å². The third-order valence-electron chi connectivity index (χ3n) is 4.80. The van der Waals surface area contributed by atoms with Crippen LogP contribution in [0.3, 0.4) is 0 Å². The molecule has 0 spiro atoms. The van der Waals surface area contributed by atoms with Crippen molar-refractivity contribution in [2.45, 2.75) is 38.8 Å². The number of methoxy groups -OCH3 is 2. The molecule has 26 heavy (non-hydrogen) atoms. The lowest BCUT2D eigenvalue weighted by atomic mass is 9.99. The number of halogens is 1. The molecule has 1 saturated heterocycles. The van der Waals surface area contributed by atoms with Gasteiger partial charge in [-0.05, 0) is 32.4 Å². The van der Waals surface area contributed by atoms with Gasteiger partial charge in [-0.1, -0.05) is 0 Å². The van der Waals surface area contributed by atoms with Crippen molar-refractivity contribution in [3.05, 3.63) is 39.8 Å². The highest BCUT2D eigenvalue weighted by molar-refractivity contribution is 5.43. The van der Waals surface area contributed by atoms with Gasteiger partial charge in [-0.2, -0.15) is 5.10 Å². The minimum Gasteiger partial charge on any atom is -0.493 e. The number of nitrogens with zero attached hydrogens (tertiary/aromatic N) is 3. The van der Waals surface area contributed by atoms with Crippen LogP contribution in [0.2, 0.25) is 0 Å². The van der Waals surface area contributed by atoms with Crippen LogP contribution in [0.25, 0.3) is 0 Å². The maximum atomic E-state index is 14.4. The highest BCUT2D eigenvalue weighted by Gasteiger charge is 2.24. The summed E-state index contributed by atoms with van der Waals surface area (Å²) in [5.41, 5.74) is 0.112. The van der Waals surface area contributed by atoms with Crippen LogP contribution in [0, 0.1) is 5.82 Å². The van der Waals surface area contributed by atoms with E-state index in [1.807, 2.05) is 6.92 Å². The third-order valence-corrected chi connectivity index (χ3v) is 4.80. The molecule has 7 nitrogen and oxygen atoms in total. The minimum atomic E-state index is -0.457. The van der Waals surface area contributed by atoms with Crippen LogP contribution in [0.4, 0.5) is 4.39 Å². The molecule has 1 fully saturated rings. The molecular formula is C18H25FN4O3. The Labute approximate surface area is 151 Å². The molecule has 2 heterocycles. The normalized spacial score (nSPS) is 17.3. The van der Waals surface area contributed by atoms with Gasteiger partial charge >= 0.3 is 5.69 Å². The summed E-state index contributed by atoms with van der Waals surface area (Å²) < 4.78 is 27.8. The molecule has 1 N–H and O–H groups in total. The molecular weight excluding hydrogens is 339 g/mol. The predicted octanol–water partition coefficient (Wildman–Crippen LogP) is 1.74. The fourth-order valence-electron chi connectivity index (χ4n) is 3.41. The van der Waals surface area contributed by atoms with Gasteiger partial charge in [0.05, 0.1) is 20.8 Å². The Hall–Kier alpha value is -2.35. The first-order chi connectivity index (χ1) is 12.6. The average molecular weight is 364 g/mol. The highest BCUT2D eigenvalue weighted by atomic mass is 19.1. The Bertz CT molecular complexity index is 825. The van der Waals surface area contributed by atoms with Gasteiger partial charge in [0, 0.05) is 30.6 Å². The molecule has 8 heteroatoms. The van der Waals surface area contributed by atoms with Gasteiger partial charge in [0.1, 0.15) is 11.6 Å². The molecule has 1 aromatic carbocycles. The fourth-order valence-corrected chi connectivity index (χ4v) is 3.41. The maximum absolute atomic E-state index is 14.4. The molecule has 0 aliphatic carbocycles. The zero-order chi connectivity index (χ0) is 18.7. The second-order valence-corrected chi connectivity index (χ2v) is 6.38. The first kappa shape index (κ1) is 18.4. The summed E-state index contributed by atoms with van der Waals surface area (Å²) in [6, 6.07) is 2.81. The Morgan fingerprint density at radius 2 is 2.04 bits per heavy atom. The topological polar surface area (TPSA) is 70.3 Å². The van der Waals surface area contributed by atoms with E-state index in [0.29, 0.717) is 23.6 Å². The number of piperidine rings is 1. The van der Waals surface area contributed by atoms with E-state index in [1.54, 1.807) is 10.6 Å². The van der Waals surface area contributed by atoms with E-state index in [0.717, 1.165) is 31.8 Å². The van der Waals surface area contributed by atoms with Crippen molar-refractivity contribution < 1.29 is 13.9 Å². The molecule has 1 atom stereocenters. The van der Waals surface area contributed by atoms with Gasteiger partial charge in [-0.15, -0.1) is 0 Å². The molecule has 1 aliphatic rings. The Kier molecular flexibility index (Phi) is 5.61. The summed E-state index contributed by atoms with van der Waals surface area (Å²) in [4.78, 5) is 12.7. The van der Waals surface area contributed by atoms with E-state index in [1.165, 1.54) is 25.0 Å². The molecule has 0 bridgehead atoms. The lowest BCUT2D eigenvalue weighted by Gasteiger charge is -2.21. The van der Waals surface area contributed by atoms with Gasteiger partial charge in [-0.25, -0.2) is 13.9 Å². The van der Waals surface area contributed by atoms with Gasteiger partial charge in [0.2, 0.25) is 0 Å². The number of benzene rings is 1. The number of hydrogen-bond donors (Lipinski definition) is 1. The fraction of sp³-hybridized carbons (Fsp3) is 0.556. The smallest absolute Gasteiger partial charge is 0.346 e. The first-order valence-electron chi connectivity index (χ1n) is 8.87. The summed E-state index contributed by atoms with van der Waals surface area (Å²) in [5.74, 6) is 1.25. The summed E-state index contributed by atoms with van der Waals surface area (Å²) in [5, 5.41) is 7.87. The zero-order valence-corrected chi connectivity index (χ0v) is 15.4. The molecule has 142 valence electrons. The second-order valence-electron chi connectivity index (χ2n) is 6.38. The van der Waals surface area contributed by atoms with Crippen LogP contribution in [0.15, 0.2) is 16.9 Å². The summed E-state index contributed by atoms with van der Waals surface area (Å²) in [6.07, 6.45) is 2.05. The predicted molar refractivity (Wildman–Crippen MR) is 95.6 cm³/mol. The molecule has 0 amide bonds. The van der Waals surface area contributed by atoms with Crippen LogP contribution in [-0.2, 0) is 13.1 Å². The van der Waals surface area contributed by atoms with Crippen LogP contribution >= 0.6 is 0 Å². The molecule has 3 rings (SSSR count). The van der Waals surface area contributed by atoms with E-state index in [4.69, 9.17) is 9.47 Å². The van der Waals surface area contributed by atoms with Crippen molar-refractivity contribution in [2.75, 3.05) is 27.3 Å². The number of ether oxygens (including phenoxy) is 2. The SMILES string of the molecule is CCn1c([C@H]2CCCNC2)nn(Cc2cc(OC)c(OC)cc2F)c1=O. The van der Waals surface area contributed by atoms with Gasteiger partial charge in [0.15, 0.2) is 11.5 Å². The quantitative estimate of drug-likeness (QED) is 0.845. The van der Waals surface area contributed by atoms with Gasteiger partial charge in [-0.3, -0.25) is 4.57 Å². The van der Waals surface area contributed by atoms with Crippen molar-refractivity contribution in [1.29, 1.82) is 0 Å². The largest absolute Gasteiger partial charge is 0.493 e. The number of hydrogen-bond acceptors (Lipinski definition) is 5. The summed E-state index contributed by atoms with van der Waals surface area (Å²) >= 11 is 0. The minimum absolute atomic E-state index is 0.0468. The Balaban J connectivity index is 1.95. The maximum Gasteiger partial charge on any atom is 0.346 e. The second kappa shape index (κ2) is 7.90. The van der Waals surface area contributed by atoms with Crippen molar-refractivity contribution >= 4 is 0 Å². The lowest BCUT2D eigenvalue weighted by molar-refractivity contribution is 0.351. The van der Waals surface area contributed by atoms with Gasteiger partial charge in [0.25, 0.3) is 0 Å². The summed E-state index contributed by atoms with van der Waals surface area (Å²) in [7, 11) is 2.95. The Morgan fingerprint density at radius 1 is 1.31 bits per heavy atom. The molecule has 1 aliphatic heterocycles. The van der Waals surface area contributed by atoms with E-state index >= 15 is 0 Å². The average Bonchev–Trinajstić information content (AvgIpc) is 2.99. The Morgan fingerprint density at radius 3 is 2.65 bits per heavy atom. The van der Waals surface area contributed by atoms with Crippen molar-refractivity contribution in [2.24, 2.45) is 0 Å². The number of nitrogens with one attached hydrogen (secondary N) is 1. The molecule has 1 aromatic heterocycles. The van der Waals surface area contributed by atoms with E-state index in [-0.39, 0.29) is 18.2 Å². The van der Waals surface area contributed by atoms with Crippen LogP contribution in [0.5, 0.6) is 11.5 Å². The number of aromatic nitrogens is 3. The highest BCUT2D eigenvalue weighted by Crippen LogP contribution is 2.30. The monoisotopic (exact) mass is 364 g/mol. The zero-order valence-electron chi connectivity index (χ0n) is 15.4. The van der Waals surface area contributed by atoms with Crippen molar-refractivity contribution in [3.8, 4) is 11.5 Å². The van der Waals surface area contributed by atoms with Crippen LogP contribution in [-0.4, -0.2) is 41.7 Å². The lowest BCUT2D eigenvalue weighted by Crippen LogP contribution is -2.31. The standard InChI is InChI=1S/C18H25FN4O3/c1-4-22-17(12-6-5-7-20-10-12)21-23(18(22)24)11-13-8-15(25-2)16(26-3)9-14(13)19/h8-9,12,20H,4-7,10-11H2,1-3H3/t12-/m0/s1. The number of rotatable bonds is 6. The summed E-state index contributed by atoms with van der Waals surface area (Å²) in [6.45, 7) is 4.31. The van der Waals surface area contributed by atoms with Crippen molar-refractivity contribution in [1.82, 2.24) is 19.7 Å². The van der Waals surface area contributed by atoms with E-state index in [9.17, 15) is 9.18 Å². The van der Waals surface area contributed by atoms with E-state index in [2.05, 4.69) is 10.4 Å². The third kappa shape index (κ3) is 3.46.